The van der Waals surface area contributed by atoms with Gasteiger partial charge in [0.1, 0.15) is 0 Å². The first kappa shape index (κ1) is 14.0. The van der Waals surface area contributed by atoms with E-state index in [4.69, 9.17) is 5.11 Å². The van der Waals surface area contributed by atoms with Gasteiger partial charge in [-0.25, -0.2) is 0 Å². The molecule has 0 radical (unpaired) electrons. The molecule has 1 aliphatic rings. The number of rotatable bonds is 4. The topological polar surface area (TPSA) is 32.3 Å². The summed E-state index contributed by atoms with van der Waals surface area (Å²) in [6, 6.07) is 1.09. The van der Waals surface area contributed by atoms with Gasteiger partial charge in [0.25, 0.3) is 0 Å². The van der Waals surface area contributed by atoms with Crippen molar-refractivity contribution in [1.29, 1.82) is 0 Å². The number of nitrogens with one attached hydrogen (secondary N) is 1. The predicted octanol–water partition coefficient (Wildman–Crippen LogP) is 2.95. The van der Waals surface area contributed by atoms with E-state index in [1.807, 2.05) is 0 Å². The molecule has 3 atom stereocenters. The summed E-state index contributed by atoms with van der Waals surface area (Å²) in [7, 11) is 0. The fourth-order valence-corrected chi connectivity index (χ4v) is 3.01. The molecule has 0 aromatic carbocycles. The highest BCUT2D eigenvalue weighted by Gasteiger charge is 2.34. The normalized spacial score (nSPS) is 29.1. The van der Waals surface area contributed by atoms with E-state index < -0.39 is 0 Å². The van der Waals surface area contributed by atoms with Gasteiger partial charge < -0.3 is 10.4 Å². The van der Waals surface area contributed by atoms with Crippen LogP contribution in [0.15, 0.2) is 0 Å². The third-order valence-corrected chi connectivity index (χ3v) is 3.94. The maximum absolute atomic E-state index is 8.95. The fraction of sp³-hybridized carbons (Fsp3) is 1.00. The van der Waals surface area contributed by atoms with Gasteiger partial charge in [-0.2, -0.15) is 0 Å². The molecule has 0 spiro atoms. The van der Waals surface area contributed by atoms with Gasteiger partial charge in [-0.3, -0.25) is 0 Å². The summed E-state index contributed by atoms with van der Waals surface area (Å²) in [6.45, 7) is 9.54. The molecule has 2 N–H and O–H groups in total. The summed E-state index contributed by atoms with van der Waals surface area (Å²) in [5, 5.41) is 12.7. The van der Waals surface area contributed by atoms with Crippen molar-refractivity contribution < 1.29 is 5.11 Å². The average Bonchev–Trinajstić information content (AvgIpc) is 2.17. The highest BCUT2D eigenvalue weighted by molar-refractivity contribution is 4.89. The Morgan fingerprint density at radius 1 is 1.25 bits per heavy atom. The largest absolute Gasteiger partial charge is 0.396 e. The Kier molecular flexibility index (Phi) is 5.26. The number of hydrogen-bond donors (Lipinski definition) is 2. The summed E-state index contributed by atoms with van der Waals surface area (Å²) < 4.78 is 0. The van der Waals surface area contributed by atoms with Gasteiger partial charge in [0, 0.05) is 18.7 Å². The molecule has 0 aliphatic heterocycles. The van der Waals surface area contributed by atoms with Crippen LogP contribution in [-0.2, 0) is 0 Å². The zero-order valence-corrected chi connectivity index (χ0v) is 11.4. The Morgan fingerprint density at radius 2 is 1.88 bits per heavy atom. The van der Waals surface area contributed by atoms with Crippen LogP contribution in [0.4, 0.5) is 0 Å². The first-order valence-corrected chi connectivity index (χ1v) is 6.82. The Balaban J connectivity index is 2.53. The third-order valence-electron chi connectivity index (χ3n) is 3.94. The molecule has 0 saturated heterocycles. The highest BCUT2D eigenvalue weighted by Crippen LogP contribution is 2.38. The molecule has 2 unspecified atom stereocenters. The zero-order valence-electron chi connectivity index (χ0n) is 11.4. The smallest absolute Gasteiger partial charge is 0.0445 e. The van der Waals surface area contributed by atoms with E-state index in [9.17, 15) is 0 Å². The molecule has 0 heterocycles. The SMILES string of the molecule is C[C@H](CCO)NC1CCCCC1C(C)(C)C. The van der Waals surface area contributed by atoms with E-state index in [2.05, 4.69) is 33.0 Å². The van der Waals surface area contributed by atoms with Gasteiger partial charge in [-0.1, -0.05) is 33.6 Å². The number of aliphatic hydroxyl groups is 1. The van der Waals surface area contributed by atoms with Crippen LogP contribution in [-0.4, -0.2) is 23.8 Å². The average molecular weight is 227 g/mol. The van der Waals surface area contributed by atoms with Gasteiger partial charge >= 0.3 is 0 Å². The molecule has 2 heteroatoms. The minimum absolute atomic E-state index is 0.293. The van der Waals surface area contributed by atoms with Crippen LogP contribution in [0.3, 0.4) is 0 Å². The lowest BCUT2D eigenvalue weighted by Gasteiger charge is -2.42. The lowest BCUT2D eigenvalue weighted by Crippen LogP contribution is -2.47. The first-order chi connectivity index (χ1) is 7.45. The van der Waals surface area contributed by atoms with Gasteiger partial charge in [0.05, 0.1) is 0 Å². The summed E-state index contributed by atoms with van der Waals surface area (Å²) in [5.41, 5.74) is 0.400. The second kappa shape index (κ2) is 6.02. The Hall–Kier alpha value is -0.0800. The van der Waals surface area contributed by atoms with E-state index in [1.54, 1.807) is 0 Å². The molecular weight excluding hydrogens is 198 g/mol. The van der Waals surface area contributed by atoms with Crippen molar-refractivity contribution >= 4 is 0 Å². The van der Waals surface area contributed by atoms with Crippen LogP contribution < -0.4 is 5.32 Å². The fourth-order valence-electron chi connectivity index (χ4n) is 3.01. The second-order valence-electron chi connectivity index (χ2n) is 6.44. The molecule has 1 aliphatic carbocycles. The maximum atomic E-state index is 8.95. The van der Waals surface area contributed by atoms with Crippen molar-refractivity contribution in [1.82, 2.24) is 5.32 Å². The van der Waals surface area contributed by atoms with E-state index in [0.29, 0.717) is 24.1 Å². The van der Waals surface area contributed by atoms with Gasteiger partial charge in [0.2, 0.25) is 0 Å². The van der Waals surface area contributed by atoms with Crippen molar-refractivity contribution in [3.05, 3.63) is 0 Å². The van der Waals surface area contributed by atoms with Crippen LogP contribution in [0.1, 0.15) is 59.8 Å². The minimum atomic E-state index is 0.293. The van der Waals surface area contributed by atoms with Gasteiger partial charge in [0.15, 0.2) is 0 Å². The molecule has 2 nitrogen and oxygen atoms in total. The molecule has 1 fully saturated rings. The van der Waals surface area contributed by atoms with Crippen LogP contribution in [0, 0.1) is 11.3 Å². The molecule has 0 aromatic rings. The Bertz CT molecular complexity index is 197. The van der Waals surface area contributed by atoms with Gasteiger partial charge in [-0.05, 0) is 37.5 Å². The molecule has 0 bridgehead atoms. The summed E-state index contributed by atoms with van der Waals surface area (Å²) >= 11 is 0. The van der Waals surface area contributed by atoms with Gasteiger partial charge in [-0.15, -0.1) is 0 Å². The molecule has 16 heavy (non-hydrogen) atoms. The standard InChI is InChI=1S/C14H29NO/c1-11(9-10-16)15-13-8-6-5-7-12(13)14(2,3)4/h11-13,15-16H,5-10H2,1-4H3/t11-,12?,13?/m1/s1. The lowest BCUT2D eigenvalue weighted by molar-refractivity contribution is 0.120. The van der Waals surface area contributed by atoms with Crippen molar-refractivity contribution in [2.45, 2.75) is 71.9 Å². The second-order valence-corrected chi connectivity index (χ2v) is 6.44. The zero-order chi connectivity index (χ0) is 12.2. The third kappa shape index (κ3) is 4.06. The number of aliphatic hydroxyl groups excluding tert-OH is 1. The van der Waals surface area contributed by atoms with Crippen LogP contribution in [0.2, 0.25) is 0 Å². The quantitative estimate of drug-likeness (QED) is 0.774. The van der Waals surface area contributed by atoms with E-state index in [1.165, 1.54) is 25.7 Å². The monoisotopic (exact) mass is 227 g/mol. The van der Waals surface area contributed by atoms with Crippen molar-refractivity contribution in [2.24, 2.45) is 11.3 Å². The lowest BCUT2D eigenvalue weighted by atomic mass is 9.69. The Labute approximate surface area is 101 Å². The van der Waals surface area contributed by atoms with Crippen LogP contribution >= 0.6 is 0 Å². The molecule has 0 amide bonds. The van der Waals surface area contributed by atoms with Crippen molar-refractivity contribution in [2.75, 3.05) is 6.61 Å². The predicted molar refractivity (Wildman–Crippen MR) is 69.5 cm³/mol. The van der Waals surface area contributed by atoms with Crippen molar-refractivity contribution in [3.8, 4) is 0 Å². The molecule has 1 rings (SSSR count). The summed E-state index contributed by atoms with van der Waals surface area (Å²) in [5.74, 6) is 0.780. The van der Waals surface area contributed by atoms with E-state index >= 15 is 0 Å². The van der Waals surface area contributed by atoms with E-state index in [-0.39, 0.29) is 0 Å². The molecular formula is C14H29NO. The number of hydrogen-bond acceptors (Lipinski definition) is 2. The van der Waals surface area contributed by atoms with Crippen molar-refractivity contribution in [3.63, 3.8) is 0 Å². The summed E-state index contributed by atoms with van der Waals surface area (Å²) in [4.78, 5) is 0. The maximum Gasteiger partial charge on any atom is 0.0445 e. The molecule has 1 saturated carbocycles. The highest BCUT2D eigenvalue weighted by atomic mass is 16.3. The summed E-state index contributed by atoms with van der Waals surface area (Å²) in [6.07, 6.45) is 6.27. The van der Waals surface area contributed by atoms with Crippen LogP contribution in [0.25, 0.3) is 0 Å². The van der Waals surface area contributed by atoms with E-state index in [0.717, 1.165) is 12.3 Å². The molecule has 0 aromatic heterocycles. The molecule has 96 valence electrons. The minimum Gasteiger partial charge on any atom is -0.396 e. The Morgan fingerprint density at radius 3 is 2.44 bits per heavy atom. The van der Waals surface area contributed by atoms with Crippen LogP contribution in [0.5, 0.6) is 0 Å². The first-order valence-electron chi connectivity index (χ1n) is 6.82.